The molecule has 0 radical (unpaired) electrons. The molecule has 3 heterocycles. The zero-order valence-electron chi connectivity index (χ0n) is 51.0. The van der Waals surface area contributed by atoms with Crippen molar-refractivity contribution < 1.29 is 101 Å². The third-order valence-corrected chi connectivity index (χ3v) is 12.7. The Morgan fingerprint density at radius 3 is 0.761 bits per heavy atom. The molecule has 1 saturated heterocycles. The van der Waals surface area contributed by atoms with E-state index in [1.54, 1.807) is 0 Å². The summed E-state index contributed by atoms with van der Waals surface area (Å²) in [7, 11) is -12.0. The van der Waals surface area contributed by atoms with Crippen LogP contribution in [-0.2, 0) is 84.5 Å². The molecule has 1 aliphatic rings. The van der Waals surface area contributed by atoms with Crippen LogP contribution < -0.4 is 9.13 Å². The number of ether oxygens (including phenoxy) is 10. The van der Waals surface area contributed by atoms with Crippen molar-refractivity contribution in [1.29, 1.82) is 0 Å². The molecule has 0 amide bonds. The van der Waals surface area contributed by atoms with Crippen molar-refractivity contribution in [3.63, 3.8) is 0 Å². The Bertz CT molecular complexity index is 2570. The first kappa shape index (κ1) is 73.8. The highest BCUT2D eigenvalue weighted by Gasteiger charge is 2.22. The molecule has 0 aliphatic carbocycles. The van der Waals surface area contributed by atoms with Gasteiger partial charge in [0.2, 0.25) is 13.1 Å². The van der Waals surface area contributed by atoms with Crippen molar-refractivity contribution in [2.75, 3.05) is 106 Å². The van der Waals surface area contributed by atoms with Crippen LogP contribution in [0, 0.1) is 0 Å². The van der Waals surface area contributed by atoms with E-state index in [2.05, 4.69) is 124 Å². The largest absolute Gasteiger partial charge is 0.673 e. The maximum Gasteiger partial charge on any atom is 0.673 e. The van der Waals surface area contributed by atoms with Gasteiger partial charge in [0, 0.05) is 24.3 Å². The number of benzene rings is 4. The van der Waals surface area contributed by atoms with E-state index in [0.29, 0.717) is 117 Å². The normalized spacial score (nSPS) is 15.0. The molecule has 6 aromatic rings. The van der Waals surface area contributed by atoms with Gasteiger partial charge in [0.1, 0.15) is 13.2 Å². The molecule has 4 aromatic carbocycles. The number of carbonyl (C=O) groups is 2. The van der Waals surface area contributed by atoms with Crippen molar-refractivity contribution in [3.8, 4) is 22.3 Å². The number of halogens is 8. The second-order valence-corrected chi connectivity index (χ2v) is 21.7. The maximum atomic E-state index is 12.6. The lowest BCUT2D eigenvalue weighted by Gasteiger charge is -2.18. The molecule has 0 bridgehead atoms. The molecular formula is C64H82B2F8N2O12. The van der Waals surface area contributed by atoms with Gasteiger partial charge in [0.15, 0.2) is 24.8 Å². The molecule has 1 aliphatic heterocycles. The Hall–Kier alpha value is -6.63. The van der Waals surface area contributed by atoms with Crippen LogP contribution in [0.2, 0.25) is 0 Å². The molecule has 0 N–H and O–H groups in total. The quantitative estimate of drug-likeness (QED) is 0.0529. The highest BCUT2D eigenvalue weighted by atomic mass is 19.5. The van der Waals surface area contributed by atoms with Gasteiger partial charge in [-0.2, -0.15) is 9.13 Å². The van der Waals surface area contributed by atoms with Gasteiger partial charge >= 0.3 is 26.4 Å². The van der Waals surface area contributed by atoms with Crippen LogP contribution in [0.5, 0.6) is 0 Å². The van der Waals surface area contributed by atoms with Gasteiger partial charge in [0.25, 0.3) is 0 Å². The lowest BCUT2D eigenvalue weighted by molar-refractivity contribution is -0.778. The molecule has 88 heavy (non-hydrogen) atoms. The summed E-state index contributed by atoms with van der Waals surface area (Å²) in [5.74, 6) is -0.633. The average Bonchev–Trinajstić information content (AvgIpc) is 3.59. The highest BCUT2D eigenvalue weighted by Crippen LogP contribution is 2.25. The molecule has 0 atom stereocenters. The van der Waals surface area contributed by atoms with Gasteiger partial charge in [-0.3, -0.25) is 0 Å². The topological polar surface area (TPSA) is 134 Å². The van der Waals surface area contributed by atoms with E-state index in [0.717, 1.165) is 46.5 Å². The molecule has 14 nitrogen and oxygen atoms in total. The summed E-state index contributed by atoms with van der Waals surface area (Å²) >= 11 is 0. The Labute approximate surface area is 511 Å². The third-order valence-electron chi connectivity index (χ3n) is 12.7. The Balaban J connectivity index is 0.000000402. The van der Waals surface area contributed by atoms with Gasteiger partial charge in [-0.1, -0.05) is 114 Å². The minimum absolute atomic E-state index is 0.0384. The van der Waals surface area contributed by atoms with E-state index in [4.69, 9.17) is 47.4 Å². The summed E-state index contributed by atoms with van der Waals surface area (Å²) in [4.78, 5) is 25.2. The highest BCUT2D eigenvalue weighted by molar-refractivity contribution is 6.50. The third kappa shape index (κ3) is 33.6. The molecule has 1 fully saturated rings. The summed E-state index contributed by atoms with van der Waals surface area (Å²) in [6.45, 7) is 23.9. The van der Waals surface area contributed by atoms with E-state index in [1.807, 2.05) is 72.8 Å². The Morgan fingerprint density at radius 2 is 0.557 bits per heavy atom. The predicted octanol–water partition coefficient (Wildman–Crippen LogP) is 12.3. The number of aromatic nitrogens is 2. The Kier molecular flexibility index (Phi) is 33.1. The van der Waals surface area contributed by atoms with E-state index in [1.165, 1.54) is 11.1 Å². The lowest BCUT2D eigenvalue weighted by atomic mass is 9.87. The zero-order chi connectivity index (χ0) is 64.3. The van der Waals surface area contributed by atoms with Crippen LogP contribution in [0.25, 0.3) is 22.3 Å². The fraction of sp³-hybridized carbons (Fsp3) is 0.438. The molecule has 7 rings (SSSR count). The van der Waals surface area contributed by atoms with Gasteiger partial charge in [-0.15, -0.1) is 0 Å². The summed E-state index contributed by atoms with van der Waals surface area (Å²) in [5, 5.41) is 0. The number of hydrogen-bond donors (Lipinski definition) is 0. The van der Waals surface area contributed by atoms with Crippen molar-refractivity contribution in [1.82, 2.24) is 0 Å². The molecule has 0 saturated carbocycles. The van der Waals surface area contributed by atoms with Crippen LogP contribution in [0.3, 0.4) is 0 Å². The number of nitrogens with zero attached hydrogens (tertiary/aromatic N) is 2. The van der Waals surface area contributed by atoms with Crippen LogP contribution in [-0.4, -0.2) is 132 Å². The number of aryl methyl sites for hydroxylation is 2. The number of rotatable bonds is 11. The van der Waals surface area contributed by atoms with Gasteiger partial charge in [0.05, 0.1) is 117 Å². The summed E-state index contributed by atoms with van der Waals surface area (Å²) in [5.41, 5.74) is 9.92. The summed E-state index contributed by atoms with van der Waals surface area (Å²) < 4.78 is 137. The Morgan fingerprint density at radius 1 is 0.352 bits per heavy atom. The molecule has 24 heteroatoms. The second-order valence-electron chi connectivity index (χ2n) is 21.7. The monoisotopic (exact) mass is 1240 g/mol. The van der Waals surface area contributed by atoms with E-state index < -0.39 is 14.5 Å². The summed E-state index contributed by atoms with van der Waals surface area (Å²) in [6, 6.07) is 40.1. The number of pyridine rings is 2. The van der Waals surface area contributed by atoms with Crippen LogP contribution in [0.4, 0.5) is 34.5 Å². The van der Waals surface area contributed by atoms with Gasteiger partial charge in [-0.25, -0.2) is 9.59 Å². The average molecular weight is 1240 g/mol. The fourth-order valence-corrected chi connectivity index (χ4v) is 7.85. The van der Waals surface area contributed by atoms with Crippen molar-refractivity contribution in [3.05, 3.63) is 179 Å². The van der Waals surface area contributed by atoms with E-state index in [-0.39, 0.29) is 36.0 Å². The SMILES string of the molecule is C1COCCOCCOCCOCCOCCOCCOCCO1.CC(C)(C)c1ccc(C(=O)OCc2ccc(-c3cc[n+](CC[n+]4ccc(-c5ccc(COC(=O)c6ccc(C(C)(C)C)cc6)cc5)cc4)cc3)cc2)cc1.F[B-](F)(F)F.F[B-](F)(F)F. The first-order valence-electron chi connectivity index (χ1n) is 28.9. The second kappa shape index (κ2) is 39.4. The zero-order valence-corrected chi connectivity index (χ0v) is 51.0. The molecular weight excluding hydrogens is 1160 g/mol. The van der Waals surface area contributed by atoms with Crippen LogP contribution >= 0.6 is 0 Å². The van der Waals surface area contributed by atoms with Crippen molar-refractivity contribution >= 4 is 26.4 Å². The molecule has 0 spiro atoms. The van der Waals surface area contributed by atoms with Crippen LogP contribution in [0.1, 0.15) is 84.5 Å². The molecule has 2 aromatic heterocycles. The fourth-order valence-electron chi connectivity index (χ4n) is 7.85. The lowest BCUT2D eigenvalue weighted by Crippen LogP contribution is -2.43. The number of carbonyl (C=O) groups excluding carboxylic acids is 2. The van der Waals surface area contributed by atoms with E-state index >= 15 is 0 Å². The smallest absolute Gasteiger partial charge is 0.457 e. The molecule has 482 valence electrons. The van der Waals surface area contributed by atoms with Crippen molar-refractivity contribution in [2.24, 2.45) is 0 Å². The van der Waals surface area contributed by atoms with Crippen LogP contribution in [0.15, 0.2) is 146 Å². The maximum absolute atomic E-state index is 12.6. The van der Waals surface area contributed by atoms with E-state index in [9.17, 15) is 44.1 Å². The van der Waals surface area contributed by atoms with Crippen molar-refractivity contribution in [2.45, 2.75) is 78.7 Å². The minimum Gasteiger partial charge on any atom is -0.457 e. The molecule has 0 unspecified atom stereocenters. The summed E-state index contributed by atoms with van der Waals surface area (Å²) in [6.07, 6.45) is 8.41. The standard InChI is InChI=1S/C48H50N2O4.C16H32O8.2BF4/c1-47(2,3)43-19-15-41(16-20-43)45(51)53-33-35-7-11-37(12-8-35)39-23-27-49(28-24-39)31-32-50-29-25-40(26-30-50)38-13-9-36(10-14-38)34-54-46(52)42-17-21-44(22-18-42)48(4,5)6;1-2-18-5-6-20-9-10-22-13-14-24-16-15-23-12-11-21-8-7-19-4-3-17-1;2*2-1(3,4)5/h7-30H,31-34H2,1-6H3;1-16H2;;/q+2;;2*-1. The minimum atomic E-state index is -6.00. The predicted molar refractivity (Wildman–Crippen MR) is 320 cm³/mol. The first-order valence-corrected chi connectivity index (χ1v) is 28.9. The number of hydrogen-bond acceptors (Lipinski definition) is 12. The number of esters is 2. The first-order chi connectivity index (χ1) is 41.8. The van der Waals surface area contributed by atoms with Gasteiger partial charge in [-0.05, 0) is 79.6 Å². The van der Waals surface area contributed by atoms with Gasteiger partial charge < -0.3 is 81.9 Å².